The molecule has 1 unspecified atom stereocenters. The average molecular weight is 593 g/mol. The number of ether oxygens (including phenoxy) is 1. The zero-order valence-corrected chi connectivity index (χ0v) is 26.9. The molecule has 0 spiro atoms. The Hall–Kier alpha value is -3.51. The molecule has 234 valence electrons. The van der Waals surface area contributed by atoms with Crippen LogP contribution in [-0.2, 0) is 11.2 Å². The van der Waals surface area contributed by atoms with Crippen molar-refractivity contribution in [3.05, 3.63) is 94.3 Å². The minimum atomic E-state index is -0.268. The summed E-state index contributed by atoms with van der Waals surface area (Å²) in [4.78, 5) is 10.3. The molecule has 6 heteroatoms. The average Bonchev–Trinajstić information content (AvgIpc) is 3.42. The van der Waals surface area contributed by atoms with Gasteiger partial charge in [0.2, 0.25) is 0 Å². The number of anilines is 1. The van der Waals surface area contributed by atoms with Gasteiger partial charge in [-0.2, -0.15) is 0 Å². The highest BCUT2D eigenvalue weighted by molar-refractivity contribution is 6.00. The van der Waals surface area contributed by atoms with Crippen LogP contribution in [0.4, 0.5) is 14.5 Å². The second-order valence-corrected chi connectivity index (χ2v) is 10.1. The largest absolute Gasteiger partial charge is 0.489 e. The van der Waals surface area contributed by atoms with Crippen molar-refractivity contribution >= 4 is 23.6 Å². The number of allylic oxidation sites excluding steroid dienone is 1. The minimum Gasteiger partial charge on any atom is -0.489 e. The highest BCUT2D eigenvalue weighted by atomic mass is 19.1. The Morgan fingerprint density at radius 1 is 0.977 bits per heavy atom. The number of benzene rings is 3. The number of carbonyl (C=O) groups is 1. The summed E-state index contributed by atoms with van der Waals surface area (Å²) >= 11 is 0. The number of nitrogens with zero attached hydrogens (tertiary/aromatic N) is 1. The highest BCUT2D eigenvalue weighted by Gasteiger charge is 2.25. The van der Waals surface area contributed by atoms with Gasteiger partial charge in [-0.05, 0) is 108 Å². The summed E-state index contributed by atoms with van der Waals surface area (Å²) in [5.41, 5.74) is 8.79. The van der Waals surface area contributed by atoms with Gasteiger partial charge in [-0.25, -0.2) is 4.39 Å². The molecule has 0 saturated carbocycles. The third-order valence-electron chi connectivity index (χ3n) is 7.71. The first-order chi connectivity index (χ1) is 21.1. The van der Waals surface area contributed by atoms with E-state index in [2.05, 4.69) is 52.7 Å². The van der Waals surface area contributed by atoms with Crippen LogP contribution >= 0.6 is 0 Å². The standard InChI is InChI=1S/C32H36F2N2O.2C2H6.CH2O/c1-22-28(7-4-9-31(22)34)30-8-3-6-24-20-25(35-2)12-15-29(24)32(30)23-10-13-26(14-11-23)37-27-16-19-36(21-27)18-5-17-33;3*1-2/h4,7,9-15,20,27,35H,3,5-6,8,16-19,21H2,1-2H3;2*1-2H3;1H2. The van der Waals surface area contributed by atoms with Gasteiger partial charge in [0.15, 0.2) is 0 Å². The number of alkyl halides is 1. The molecule has 1 heterocycles. The number of hydrogen-bond acceptors (Lipinski definition) is 4. The molecule has 0 amide bonds. The molecule has 5 rings (SSSR count). The molecule has 0 aromatic heterocycles. The Kier molecular flexibility index (Phi) is 15.7. The molecule has 3 aromatic carbocycles. The van der Waals surface area contributed by atoms with Gasteiger partial charge in [-0.15, -0.1) is 0 Å². The Balaban J connectivity index is 0.00000101. The fraction of sp³-hybridized carbons (Fsp3) is 0.432. The van der Waals surface area contributed by atoms with Crippen molar-refractivity contribution < 1.29 is 18.3 Å². The fourth-order valence-corrected chi connectivity index (χ4v) is 5.75. The van der Waals surface area contributed by atoms with Crippen LogP contribution in [-0.4, -0.2) is 51.1 Å². The van der Waals surface area contributed by atoms with Gasteiger partial charge in [-0.3, -0.25) is 9.29 Å². The van der Waals surface area contributed by atoms with Crippen LogP contribution in [0.1, 0.15) is 81.2 Å². The predicted molar refractivity (Wildman–Crippen MR) is 178 cm³/mol. The first kappa shape index (κ1) is 35.7. The summed E-state index contributed by atoms with van der Waals surface area (Å²) in [6, 6.07) is 20.3. The normalized spacial score (nSPS) is 15.9. The van der Waals surface area contributed by atoms with E-state index in [1.54, 1.807) is 0 Å². The second kappa shape index (κ2) is 18.9. The molecule has 1 aliphatic heterocycles. The van der Waals surface area contributed by atoms with Crippen molar-refractivity contribution in [1.82, 2.24) is 4.90 Å². The fourth-order valence-electron chi connectivity index (χ4n) is 5.75. The summed E-state index contributed by atoms with van der Waals surface area (Å²) < 4.78 is 33.5. The Labute approximate surface area is 258 Å². The maximum Gasteiger partial charge on any atom is 0.126 e. The number of likely N-dealkylation sites (tertiary alicyclic amines) is 1. The van der Waals surface area contributed by atoms with E-state index in [1.165, 1.54) is 28.3 Å². The van der Waals surface area contributed by atoms with Crippen molar-refractivity contribution in [2.45, 2.75) is 72.8 Å². The lowest BCUT2D eigenvalue weighted by Crippen LogP contribution is -2.26. The third kappa shape index (κ3) is 9.24. The van der Waals surface area contributed by atoms with Crippen LogP contribution in [0.5, 0.6) is 5.75 Å². The number of nitrogens with one attached hydrogen (secondary N) is 1. The van der Waals surface area contributed by atoms with Crippen LogP contribution in [0.25, 0.3) is 11.1 Å². The molecular formula is C37H50F2N2O2. The van der Waals surface area contributed by atoms with Gasteiger partial charge in [0.25, 0.3) is 0 Å². The Morgan fingerprint density at radius 3 is 2.37 bits per heavy atom. The van der Waals surface area contributed by atoms with E-state index in [1.807, 2.05) is 60.6 Å². The van der Waals surface area contributed by atoms with Gasteiger partial charge in [-0.1, -0.05) is 58.0 Å². The van der Waals surface area contributed by atoms with Crippen LogP contribution in [0.15, 0.2) is 60.7 Å². The number of rotatable bonds is 8. The van der Waals surface area contributed by atoms with Gasteiger partial charge in [0.1, 0.15) is 24.5 Å². The molecule has 1 fully saturated rings. The molecule has 1 atom stereocenters. The maximum absolute atomic E-state index is 14.6. The maximum atomic E-state index is 14.6. The molecule has 1 N–H and O–H groups in total. The number of hydrogen-bond donors (Lipinski definition) is 1. The van der Waals surface area contributed by atoms with Crippen LogP contribution in [0.2, 0.25) is 0 Å². The lowest BCUT2D eigenvalue weighted by atomic mass is 9.86. The quantitative estimate of drug-likeness (QED) is 0.283. The summed E-state index contributed by atoms with van der Waals surface area (Å²) in [5.74, 6) is 0.685. The summed E-state index contributed by atoms with van der Waals surface area (Å²) in [5, 5.41) is 3.26. The van der Waals surface area contributed by atoms with Crippen LogP contribution < -0.4 is 10.1 Å². The van der Waals surface area contributed by atoms with Gasteiger partial charge in [0, 0.05) is 32.4 Å². The zero-order chi connectivity index (χ0) is 31.8. The van der Waals surface area contributed by atoms with Crippen molar-refractivity contribution in [1.29, 1.82) is 0 Å². The van der Waals surface area contributed by atoms with Gasteiger partial charge in [0.05, 0.1) is 6.67 Å². The Morgan fingerprint density at radius 2 is 1.70 bits per heavy atom. The summed E-state index contributed by atoms with van der Waals surface area (Å²) in [7, 11) is 1.94. The van der Waals surface area contributed by atoms with E-state index < -0.39 is 0 Å². The molecule has 2 aliphatic rings. The van der Waals surface area contributed by atoms with E-state index in [4.69, 9.17) is 9.53 Å². The van der Waals surface area contributed by atoms with E-state index >= 15 is 0 Å². The number of halogens is 2. The van der Waals surface area contributed by atoms with Gasteiger partial charge >= 0.3 is 0 Å². The molecule has 0 radical (unpaired) electrons. The molecule has 43 heavy (non-hydrogen) atoms. The van der Waals surface area contributed by atoms with Gasteiger partial charge < -0.3 is 14.8 Å². The molecular weight excluding hydrogens is 542 g/mol. The minimum absolute atomic E-state index is 0.133. The molecule has 3 aromatic rings. The predicted octanol–water partition coefficient (Wildman–Crippen LogP) is 9.15. The van der Waals surface area contributed by atoms with Crippen LogP contribution in [0.3, 0.4) is 0 Å². The monoisotopic (exact) mass is 592 g/mol. The smallest absolute Gasteiger partial charge is 0.126 e. The zero-order valence-electron chi connectivity index (χ0n) is 26.9. The molecule has 1 saturated heterocycles. The lowest BCUT2D eigenvalue weighted by molar-refractivity contribution is -0.0980. The van der Waals surface area contributed by atoms with Crippen molar-refractivity contribution in [2.75, 3.05) is 38.7 Å². The lowest BCUT2D eigenvalue weighted by Gasteiger charge is -2.20. The summed E-state index contributed by atoms with van der Waals surface area (Å²) in [6.07, 6.45) is 4.56. The first-order valence-electron chi connectivity index (χ1n) is 15.7. The summed E-state index contributed by atoms with van der Waals surface area (Å²) in [6.45, 7) is 14.2. The highest BCUT2D eigenvalue weighted by Crippen LogP contribution is 2.42. The van der Waals surface area contributed by atoms with Crippen molar-refractivity contribution in [3.8, 4) is 5.75 Å². The molecule has 1 aliphatic carbocycles. The SMILES string of the molecule is C=O.CC.CC.CNc1ccc2c(c1)CCCC(c1cccc(F)c1C)=C2c1ccc(OC2CCN(CCCF)C2)cc1. The third-order valence-corrected chi connectivity index (χ3v) is 7.71. The van der Waals surface area contributed by atoms with E-state index in [-0.39, 0.29) is 18.6 Å². The Bertz CT molecular complexity index is 1290. The topological polar surface area (TPSA) is 41.6 Å². The van der Waals surface area contributed by atoms with E-state index in [0.29, 0.717) is 12.0 Å². The van der Waals surface area contributed by atoms with Crippen molar-refractivity contribution in [3.63, 3.8) is 0 Å². The second-order valence-electron chi connectivity index (χ2n) is 10.1. The van der Waals surface area contributed by atoms with E-state index in [9.17, 15) is 8.78 Å². The molecule has 4 nitrogen and oxygen atoms in total. The first-order valence-corrected chi connectivity index (χ1v) is 15.7. The number of carbonyl (C=O) groups excluding carboxylic acids is 1. The van der Waals surface area contributed by atoms with E-state index in [0.717, 1.165) is 67.9 Å². The number of fused-ring (bicyclic) bond motifs is 1. The van der Waals surface area contributed by atoms with Crippen LogP contribution in [0, 0.1) is 12.7 Å². The number of aryl methyl sites for hydroxylation is 1. The van der Waals surface area contributed by atoms with Crippen molar-refractivity contribution in [2.24, 2.45) is 0 Å². The molecule has 0 bridgehead atoms.